The second kappa shape index (κ2) is 5.08. The van der Waals surface area contributed by atoms with Gasteiger partial charge in [-0.05, 0) is 31.0 Å². The maximum Gasteiger partial charge on any atom is 0.0462 e. The van der Waals surface area contributed by atoms with E-state index in [0.29, 0.717) is 6.04 Å². The molecule has 0 atom stereocenters. The summed E-state index contributed by atoms with van der Waals surface area (Å²) in [5.41, 5.74) is 8.14. The van der Waals surface area contributed by atoms with Crippen LogP contribution in [0.15, 0.2) is 30.6 Å². The maximum atomic E-state index is 6.06. The Morgan fingerprint density at radius 3 is 2.68 bits per heavy atom. The number of fused-ring (bicyclic) bond motifs is 1. The predicted octanol–water partition coefficient (Wildman–Crippen LogP) is 3.59. The van der Waals surface area contributed by atoms with Gasteiger partial charge in [-0.15, -0.1) is 0 Å². The van der Waals surface area contributed by atoms with Crippen LogP contribution in [0.25, 0.3) is 10.8 Å². The molecule has 100 valence electrons. The molecule has 0 saturated heterocycles. The molecule has 0 amide bonds. The highest BCUT2D eigenvalue weighted by Crippen LogP contribution is 2.33. The molecule has 3 heteroatoms. The van der Waals surface area contributed by atoms with Gasteiger partial charge in [-0.3, -0.25) is 4.98 Å². The van der Waals surface area contributed by atoms with Crippen LogP contribution < -0.4 is 10.6 Å². The zero-order chi connectivity index (χ0) is 13.2. The van der Waals surface area contributed by atoms with E-state index in [2.05, 4.69) is 23.0 Å². The van der Waals surface area contributed by atoms with Gasteiger partial charge in [-0.1, -0.05) is 19.3 Å². The van der Waals surface area contributed by atoms with Crippen molar-refractivity contribution in [1.82, 2.24) is 4.98 Å². The van der Waals surface area contributed by atoms with Crippen LogP contribution in [0.4, 0.5) is 11.4 Å². The van der Waals surface area contributed by atoms with E-state index in [0.717, 1.165) is 16.5 Å². The summed E-state index contributed by atoms with van der Waals surface area (Å²) in [4.78, 5) is 6.68. The first-order valence-corrected chi connectivity index (χ1v) is 7.12. The Kier molecular flexibility index (Phi) is 3.28. The number of rotatable bonds is 2. The lowest BCUT2D eigenvalue weighted by molar-refractivity contribution is 0.428. The van der Waals surface area contributed by atoms with E-state index in [1.165, 1.54) is 37.8 Å². The van der Waals surface area contributed by atoms with Crippen LogP contribution in [0.2, 0.25) is 0 Å². The molecule has 19 heavy (non-hydrogen) atoms. The molecule has 2 aromatic rings. The number of benzene rings is 1. The molecule has 3 nitrogen and oxygen atoms in total. The Bertz CT molecular complexity index is 573. The number of hydrogen-bond donors (Lipinski definition) is 1. The van der Waals surface area contributed by atoms with E-state index in [-0.39, 0.29) is 0 Å². The Morgan fingerprint density at radius 2 is 1.89 bits per heavy atom. The van der Waals surface area contributed by atoms with E-state index < -0.39 is 0 Å². The van der Waals surface area contributed by atoms with Gasteiger partial charge in [-0.25, -0.2) is 0 Å². The lowest BCUT2D eigenvalue weighted by atomic mass is 9.93. The zero-order valence-corrected chi connectivity index (χ0v) is 11.5. The number of pyridine rings is 1. The molecular weight excluding hydrogens is 234 g/mol. The maximum absolute atomic E-state index is 6.06. The fourth-order valence-electron chi connectivity index (χ4n) is 3.17. The third-order valence-electron chi connectivity index (χ3n) is 4.33. The average Bonchev–Trinajstić information content (AvgIpc) is 2.48. The van der Waals surface area contributed by atoms with Crippen molar-refractivity contribution in [1.29, 1.82) is 0 Å². The smallest absolute Gasteiger partial charge is 0.0462 e. The van der Waals surface area contributed by atoms with Crippen molar-refractivity contribution in [2.45, 2.75) is 38.1 Å². The zero-order valence-electron chi connectivity index (χ0n) is 11.5. The van der Waals surface area contributed by atoms with E-state index >= 15 is 0 Å². The third kappa shape index (κ3) is 2.25. The molecule has 0 spiro atoms. The van der Waals surface area contributed by atoms with Crippen molar-refractivity contribution >= 4 is 22.1 Å². The fraction of sp³-hybridized carbons (Fsp3) is 0.438. The third-order valence-corrected chi connectivity index (χ3v) is 4.33. The summed E-state index contributed by atoms with van der Waals surface area (Å²) in [5.74, 6) is 0. The molecule has 1 aliphatic rings. The quantitative estimate of drug-likeness (QED) is 0.834. The summed E-state index contributed by atoms with van der Waals surface area (Å²) >= 11 is 0. The molecule has 2 N–H and O–H groups in total. The minimum absolute atomic E-state index is 0.654. The summed E-state index contributed by atoms with van der Waals surface area (Å²) in [6, 6.07) is 6.80. The Labute approximate surface area is 114 Å². The van der Waals surface area contributed by atoms with E-state index in [4.69, 9.17) is 5.73 Å². The lowest BCUT2D eigenvalue weighted by Gasteiger charge is -2.33. The molecule has 3 rings (SSSR count). The van der Waals surface area contributed by atoms with Gasteiger partial charge in [0.05, 0.1) is 0 Å². The molecule has 1 aliphatic carbocycles. The molecule has 1 aromatic heterocycles. The Hall–Kier alpha value is -1.77. The van der Waals surface area contributed by atoms with Gasteiger partial charge in [0.15, 0.2) is 0 Å². The van der Waals surface area contributed by atoms with Gasteiger partial charge < -0.3 is 10.6 Å². The topological polar surface area (TPSA) is 42.1 Å². The second-order valence-corrected chi connectivity index (χ2v) is 5.50. The standard InChI is InChI=1S/C16H21N3/c1-19(12-5-3-2-4-6-12)16-8-7-15(17)13-9-10-18-11-14(13)16/h7-12H,2-6,17H2,1H3. The highest BCUT2D eigenvalue weighted by molar-refractivity contribution is 6.00. The van der Waals surface area contributed by atoms with Gasteiger partial charge >= 0.3 is 0 Å². The second-order valence-electron chi connectivity index (χ2n) is 5.50. The lowest BCUT2D eigenvalue weighted by Crippen LogP contribution is -2.33. The van der Waals surface area contributed by atoms with Crippen LogP contribution in [0.1, 0.15) is 32.1 Å². The van der Waals surface area contributed by atoms with Crippen LogP contribution in [0, 0.1) is 0 Å². The molecule has 0 unspecified atom stereocenters. The average molecular weight is 255 g/mol. The summed E-state index contributed by atoms with van der Waals surface area (Å²) in [6.45, 7) is 0. The minimum Gasteiger partial charge on any atom is -0.398 e. The van der Waals surface area contributed by atoms with Crippen LogP contribution >= 0.6 is 0 Å². The molecule has 1 heterocycles. The van der Waals surface area contributed by atoms with Crippen molar-refractivity contribution < 1.29 is 0 Å². The van der Waals surface area contributed by atoms with Gasteiger partial charge in [0, 0.05) is 47.6 Å². The molecule has 1 aromatic carbocycles. The summed E-state index contributed by atoms with van der Waals surface area (Å²) in [7, 11) is 2.20. The fourth-order valence-corrected chi connectivity index (χ4v) is 3.17. The predicted molar refractivity (Wildman–Crippen MR) is 81.4 cm³/mol. The van der Waals surface area contributed by atoms with Crippen molar-refractivity contribution in [3.63, 3.8) is 0 Å². The molecule has 1 saturated carbocycles. The van der Waals surface area contributed by atoms with Gasteiger partial charge in [-0.2, -0.15) is 0 Å². The summed E-state index contributed by atoms with van der Waals surface area (Å²) in [5, 5.41) is 2.27. The first kappa shape index (κ1) is 12.3. The molecule has 0 bridgehead atoms. The van der Waals surface area contributed by atoms with Crippen molar-refractivity contribution in [2.24, 2.45) is 0 Å². The van der Waals surface area contributed by atoms with E-state index in [1.54, 1.807) is 0 Å². The molecular formula is C16H21N3. The Balaban J connectivity index is 2.02. The number of aromatic nitrogens is 1. The number of hydrogen-bond acceptors (Lipinski definition) is 3. The number of nitrogen functional groups attached to an aromatic ring is 1. The van der Waals surface area contributed by atoms with Crippen LogP contribution in [0.5, 0.6) is 0 Å². The highest BCUT2D eigenvalue weighted by Gasteiger charge is 2.20. The van der Waals surface area contributed by atoms with Crippen LogP contribution in [-0.4, -0.2) is 18.1 Å². The van der Waals surface area contributed by atoms with Crippen molar-refractivity contribution in [2.75, 3.05) is 17.7 Å². The number of nitrogens with two attached hydrogens (primary N) is 1. The normalized spacial score (nSPS) is 16.7. The monoisotopic (exact) mass is 255 g/mol. The minimum atomic E-state index is 0.654. The summed E-state index contributed by atoms with van der Waals surface area (Å²) < 4.78 is 0. The van der Waals surface area contributed by atoms with Crippen LogP contribution in [-0.2, 0) is 0 Å². The molecule has 1 fully saturated rings. The van der Waals surface area contributed by atoms with E-state index in [9.17, 15) is 0 Å². The largest absolute Gasteiger partial charge is 0.398 e. The van der Waals surface area contributed by atoms with Crippen molar-refractivity contribution in [3.05, 3.63) is 30.6 Å². The van der Waals surface area contributed by atoms with E-state index in [1.807, 2.05) is 24.5 Å². The highest BCUT2D eigenvalue weighted by atomic mass is 15.1. The molecule has 0 radical (unpaired) electrons. The van der Waals surface area contributed by atoms with Gasteiger partial charge in [0.25, 0.3) is 0 Å². The van der Waals surface area contributed by atoms with Gasteiger partial charge in [0.1, 0.15) is 0 Å². The van der Waals surface area contributed by atoms with Gasteiger partial charge in [0.2, 0.25) is 0 Å². The first-order valence-electron chi connectivity index (χ1n) is 7.12. The van der Waals surface area contributed by atoms with Crippen molar-refractivity contribution in [3.8, 4) is 0 Å². The number of nitrogens with zero attached hydrogens (tertiary/aromatic N) is 2. The summed E-state index contributed by atoms with van der Waals surface area (Å²) in [6.07, 6.45) is 10.4. The molecule has 0 aliphatic heterocycles. The SMILES string of the molecule is CN(c1ccc(N)c2ccncc12)C1CCCCC1. The number of anilines is 2. The van der Waals surface area contributed by atoms with Crippen LogP contribution in [0.3, 0.4) is 0 Å². The first-order chi connectivity index (χ1) is 9.27. The Morgan fingerprint density at radius 1 is 1.11 bits per heavy atom.